The summed E-state index contributed by atoms with van der Waals surface area (Å²) in [6.45, 7) is 0. The number of thiol groups is 1. The summed E-state index contributed by atoms with van der Waals surface area (Å²) in [5.41, 5.74) is 1.88. The third-order valence-corrected chi connectivity index (χ3v) is 5.58. The van der Waals surface area contributed by atoms with Gasteiger partial charge in [-0.25, -0.2) is 0 Å². The largest absolute Gasteiger partial charge is 0.214 e. The fraction of sp³-hybridized carbons (Fsp3) is 0.222. The Morgan fingerprint density at radius 2 is 1.43 bits per heavy atom. The van der Waals surface area contributed by atoms with E-state index in [1.54, 1.807) is 21.1 Å². The lowest BCUT2D eigenvalue weighted by Crippen LogP contribution is -2.06. The summed E-state index contributed by atoms with van der Waals surface area (Å²) in [6, 6.07) is 19.7. The lowest BCUT2D eigenvalue weighted by Gasteiger charge is -2.10. The molecule has 4 aromatic rings. The molecule has 2 aromatic heterocycles. The van der Waals surface area contributed by atoms with Crippen molar-refractivity contribution in [3.05, 3.63) is 66.5 Å². The van der Waals surface area contributed by atoms with Crippen LogP contribution in [0.15, 0.2) is 65.8 Å². The Balaban J connectivity index is 1.34. The highest BCUT2D eigenvalue weighted by Crippen LogP contribution is 2.27. The summed E-state index contributed by atoms with van der Waals surface area (Å²) in [7, 11) is 0. The molecule has 0 aliphatic heterocycles. The Hall–Kier alpha value is -2.72. The summed E-state index contributed by atoms with van der Waals surface area (Å²) >= 11 is 6.34. The second-order valence-electron chi connectivity index (χ2n) is 6.00. The molecule has 0 spiro atoms. The normalized spacial score (nSPS) is 12.2. The highest BCUT2D eigenvalue weighted by molar-refractivity contribution is 7.99. The average Bonchev–Trinajstić information content (AvgIpc) is 3.42. The molecule has 0 aliphatic carbocycles. The Labute approximate surface area is 171 Å². The molecular weight excluding hydrogens is 392 g/mol. The van der Waals surface area contributed by atoms with Crippen molar-refractivity contribution in [2.45, 2.75) is 23.2 Å². The van der Waals surface area contributed by atoms with Crippen LogP contribution in [-0.2, 0) is 0 Å². The zero-order valence-corrected chi connectivity index (χ0v) is 16.6. The molecule has 0 fully saturated rings. The van der Waals surface area contributed by atoms with E-state index < -0.39 is 0 Å². The Bertz CT molecular complexity index is 1000. The van der Waals surface area contributed by atoms with Gasteiger partial charge < -0.3 is 0 Å². The monoisotopic (exact) mass is 410 g/mol. The number of tetrazole rings is 2. The summed E-state index contributed by atoms with van der Waals surface area (Å²) in [4.78, 5) is 0. The predicted octanol–water partition coefficient (Wildman–Crippen LogP) is 3.18. The maximum atomic E-state index is 4.71. The molecule has 1 atom stereocenters. The van der Waals surface area contributed by atoms with Crippen molar-refractivity contribution in [1.29, 1.82) is 0 Å². The third kappa shape index (κ3) is 4.23. The number of aromatic nitrogens is 8. The van der Waals surface area contributed by atoms with E-state index >= 15 is 0 Å². The zero-order valence-electron chi connectivity index (χ0n) is 14.9. The van der Waals surface area contributed by atoms with E-state index in [1.165, 1.54) is 0 Å². The van der Waals surface area contributed by atoms with Crippen molar-refractivity contribution in [2.75, 3.05) is 5.75 Å². The minimum atomic E-state index is -0.0547. The van der Waals surface area contributed by atoms with Crippen molar-refractivity contribution in [3.63, 3.8) is 0 Å². The van der Waals surface area contributed by atoms with Crippen molar-refractivity contribution in [2.24, 2.45) is 0 Å². The molecule has 0 aliphatic rings. The summed E-state index contributed by atoms with van der Waals surface area (Å²) in [5.74, 6) is 1.62. The molecule has 0 saturated carbocycles. The number of para-hydroxylation sites is 2. The standard InChI is InChI=1S/C18H18N8S2/c27-16(17-19-21-23-25(17)14-8-3-1-4-9-14)12-7-13-28-18-20-22-24-26(18)15-10-5-2-6-11-15/h1-6,8-11,16,27H,7,12-13H2. The number of hydrogen-bond acceptors (Lipinski definition) is 8. The van der Waals surface area contributed by atoms with Gasteiger partial charge in [0.05, 0.1) is 16.6 Å². The van der Waals surface area contributed by atoms with Gasteiger partial charge in [0.25, 0.3) is 0 Å². The summed E-state index contributed by atoms with van der Waals surface area (Å²) in [6.07, 6.45) is 1.78. The summed E-state index contributed by atoms with van der Waals surface area (Å²) in [5, 5.41) is 24.8. The average molecular weight is 411 g/mol. The second-order valence-corrected chi connectivity index (χ2v) is 7.69. The van der Waals surface area contributed by atoms with Crippen molar-refractivity contribution in [1.82, 2.24) is 40.4 Å². The highest BCUT2D eigenvalue weighted by Gasteiger charge is 2.17. The van der Waals surface area contributed by atoms with E-state index in [0.717, 1.165) is 41.0 Å². The smallest absolute Gasteiger partial charge is 0.196 e. The zero-order chi connectivity index (χ0) is 19.2. The van der Waals surface area contributed by atoms with Crippen LogP contribution in [0.3, 0.4) is 0 Å². The molecule has 142 valence electrons. The van der Waals surface area contributed by atoms with Gasteiger partial charge in [0, 0.05) is 5.75 Å². The van der Waals surface area contributed by atoms with Crippen LogP contribution < -0.4 is 0 Å². The van der Waals surface area contributed by atoms with Crippen LogP contribution >= 0.6 is 24.4 Å². The van der Waals surface area contributed by atoms with E-state index in [2.05, 4.69) is 31.1 Å². The van der Waals surface area contributed by atoms with Crippen LogP contribution in [0.2, 0.25) is 0 Å². The number of nitrogens with zero attached hydrogens (tertiary/aromatic N) is 8. The predicted molar refractivity (Wildman–Crippen MR) is 110 cm³/mol. The fourth-order valence-corrected chi connectivity index (χ4v) is 3.92. The van der Waals surface area contributed by atoms with Crippen LogP contribution in [0.1, 0.15) is 23.9 Å². The molecule has 0 N–H and O–H groups in total. The van der Waals surface area contributed by atoms with Gasteiger partial charge in [-0.1, -0.05) is 48.2 Å². The molecule has 28 heavy (non-hydrogen) atoms. The Kier molecular flexibility index (Phi) is 5.98. The summed E-state index contributed by atoms with van der Waals surface area (Å²) < 4.78 is 3.49. The van der Waals surface area contributed by atoms with Crippen LogP contribution in [0.4, 0.5) is 0 Å². The van der Waals surface area contributed by atoms with Crippen LogP contribution in [0.5, 0.6) is 0 Å². The van der Waals surface area contributed by atoms with Gasteiger partial charge in [-0.3, -0.25) is 0 Å². The molecule has 1 unspecified atom stereocenters. The number of benzene rings is 2. The first-order chi connectivity index (χ1) is 13.8. The topological polar surface area (TPSA) is 87.2 Å². The van der Waals surface area contributed by atoms with E-state index in [9.17, 15) is 0 Å². The molecule has 4 rings (SSSR count). The first-order valence-corrected chi connectivity index (χ1v) is 10.3. The van der Waals surface area contributed by atoms with Gasteiger partial charge in [-0.15, -0.1) is 10.2 Å². The molecular formula is C18H18N8S2. The molecule has 0 bridgehead atoms. The van der Waals surface area contributed by atoms with Gasteiger partial charge in [0.1, 0.15) is 0 Å². The lowest BCUT2D eigenvalue weighted by molar-refractivity contribution is 0.703. The van der Waals surface area contributed by atoms with Gasteiger partial charge in [0.15, 0.2) is 5.82 Å². The molecule has 10 heteroatoms. The maximum Gasteiger partial charge on any atom is 0.214 e. The molecule has 0 radical (unpaired) electrons. The van der Waals surface area contributed by atoms with Gasteiger partial charge >= 0.3 is 0 Å². The third-order valence-electron chi connectivity index (χ3n) is 4.09. The molecule has 8 nitrogen and oxygen atoms in total. The van der Waals surface area contributed by atoms with Crippen molar-refractivity contribution >= 4 is 24.4 Å². The second kappa shape index (κ2) is 8.98. The minimum Gasteiger partial charge on any atom is -0.196 e. The Morgan fingerprint density at radius 1 is 0.821 bits per heavy atom. The molecule has 0 amide bonds. The van der Waals surface area contributed by atoms with Gasteiger partial charge in [-0.2, -0.15) is 22.0 Å². The van der Waals surface area contributed by atoms with E-state index in [4.69, 9.17) is 12.6 Å². The number of thioether (sulfide) groups is 1. The quantitative estimate of drug-likeness (QED) is 0.271. The number of rotatable bonds is 8. The highest BCUT2D eigenvalue weighted by atomic mass is 32.2. The Morgan fingerprint density at radius 3 is 2.14 bits per heavy atom. The minimum absolute atomic E-state index is 0.0547. The molecule has 2 aromatic carbocycles. The maximum absolute atomic E-state index is 4.71. The van der Waals surface area contributed by atoms with Crippen LogP contribution in [-0.4, -0.2) is 46.2 Å². The van der Waals surface area contributed by atoms with Gasteiger partial charge in [0.2, 0.25) is 5.16 Å². The number of hydrogen-bond donors (Lipinski definition) is 1. The lowest BCUT2D eigenvalue weighted by atomic mass is 10.2. The first kappa shape index (κ1) is 18.6. The van der Waals surface area contributed by atoms with Crippen LogP contribution in [0, 0.1) is 0 Å². The van der Waals surface area contributed by atoms with Crippen molar-refractivity contribution < 1.29 is 0 Å². The fourth-order valence-electron chi connectivity index (χ4n) is 2.72. The van der Waals surface area contributed by atoms with E-state index in [-0.39, 0.29) is 5.25 Å². The SMILES string of the molecule is SC(CCCSc1nnnn1-c1ccccc1)c1nnnn1-c1ccccc1. The van der Waals surface area contributed by atoms with Gasteiger partial charge in [-0.05, 0) is 58.0 Å². The van der Waals surface area contributed by atoms with Crippen LogP contribution in [0.25, 0.3) is 11.4 Å². The molecule has 0 saturated heterocycles. The first-order valence-electron chi connectivity index (χ1n) is 8.81. The van der Waals surface area contributed by atoms with E-state index in [1.807, 2.05) is 60.7 Å². The van der Waals surface area contributed by atoms with Crippen molar-refractivity contribution in [3.8, 4) is 11.4 Å². The molecule has 2 heterocycles. The van der Waals surface area contributed by atoms with E-state index in [0.29, 0.717) is 0 Å².